The molecule has 3 aromatic carbocycles. The Labute approximate surface area is 208 Å². The Morgan fingerprint density at radius 2 is 1.86 bits per heavy atom. The third-order valence-electron chi connectivity index (χ3n) is 5.94. The van der Waals surface area contributed by atoms with Crippen LogP contribution in [0.5, 0.6) is 5.75 Å². The fourth-order valence-corrected chi connectivity index (χ4v) is 4.49. The molecule has 0 aliphatic carbocycles. The Morgan fingerprint density at radius 1 is 1.06 bits per heavy atom. The molecule has 0 bridgehead atoms. The van der Waals surface area contributed by atoms with Gasteiger partial charge in [0.05, 0.1) is 25.3 Å². The zero-order chi connectivity index (χ0) is 24.4. The van der Waals surface area contributed by atoms with Crippen LogP contribution in [0.2, 0.25) is 0 Å². The highest BCUT2D eigenvalue weighted by atomic mass is 32.1. The molecule has 176 valence electrons. The van der Waals surface area contributed by atoms with Gasteiger partial charge in [-0.2, -0.15) is 4.98 Å². The van der Waals surface area contributed by atoms with Crippen LogP contribution in [0.15, 0.2) is 89.1 Å². The van der Waals surface area contributed by atoms with E-state index in [0.29, 0.717) is 28.9 Å². The molecule has 1 N–H and O–H groups in total. The number of thiocarbonyl (C=S) groups is 1. The molecule has 1 aliphatic rings. The molecule has 1 aromatic heterocycles. The Kier molecular flexibility index (Phi) is 6.29. The highest BCUT2D eigenvalue weighted by Crippen LogP contribution is 2.38. The maximum Gasteiger partial charge on any atom is 0.258 e. The van der Waals surface area contributed by atoms with E-state index >= 15 is 0 Å². The van der Waals surface area contributed by atoms with E-state index in [0.717, 1.165) is 28.1 Å². The van der Waals surface area contributed by atoms with Gasteiger partial charge in [0.1, 0.15) is 11.6 Å². The van der Waals surface area contributed by atoms with Gasteiger partial charge >= 0.3 is 0 Å². The summed E-state index contributed by atoms with van der Waals surface area (Å²) >= 11 is 5.78. The number of benzene rings is 3. The summed E-state index contributed by atoms with van der Waals surface area (Å²) in [7, 11) is 1.64. The molecule has 0 amide bonds. The summed E-state index contributed by atoms with van der Waals surface area (Å²) in [5.74, 6) is 1.08. The minimum atomic E-state index is -0.361. The average Bonchev–Trinajstić information content (AvgIpc) is 3.37. The predicted molar refractivity (Wildman–Crippen MR) is 136 cm³/mol. The number of nitrogens with one attached hydrogen (secondary N) is 1. The lowest BCUT2D eigenvalue weighted by molar-refractivity contribution is 0.395. The van der Waals surface area contributed by atoms with Gasteiger partial charge in [0.15, 0.2) is 5.11 Å². The first kappa shape index (κ1) is 22.7. The highest BCUT2D eigenvalue weighted by Gasteiger charge is 2.34. The van der Waals surface area contributed by atoms with E-state index in [2.05, 4.69) is 15.5 Å². The lowest BCUT2D eigenvalue weighted by Gasteiger charge is -2.37. The van der Waals surface area contributed by atoms with Crippen molar-refractivity contribution < 1.29 is 13.7 Å². The number of rotatable bonds is 6. The van der Waals surface area contributed by atoms with Gasteiger partial charge in [-0.25, -0.2) is 4.39 Å². The second kappa shape index (κ2) is 9.68. The highest BCUT2D eigenvalue weighted by molar-refractivity contribution is 7.80. The van der Waals surface area contributed by atoms with Gasteiger partial charge in [-0.3, -0.25) is 0 Å². The number of halogens is 1. The quantitative estimate of drug-likeness (QED) is 0.348. The number of allylic oxidation sites excluding steroid dienone is 1. The van der Waals surface area contributed by atoms with Gasteiger partial charge in [0, 0.05) is 11.3 Å². The van der Waals surface area contributed by atoms with Crippen molar-refractivity contribution in [2.75, 3.05) is 7.11 Å². The summed E-state index contributed by atoms with van der Waals surface area (Å²) in [4.78, 5) is 6.64. The number of hydrogen-bond acceptors (Lipinski definition) is 5. The van der Waals surface area contributed by atoms with Gasteiger partial charge in [-0.15, -0.1) is 0 Å². The number of ether oxygens (including phenoxy) is 1. The van der Waals surface area contributed by atoms with Crippen LogP contribution in [0.1, 0.15) is 30.0 Å². The van der Waals surface area contributed by atoms with Gasteiger partial charge in [0.25, 0.3) is 5.89 Å². The Hall–Kier alpha value is -4.04. The van der Waals surface area contributed by atoms with Gasteiger partial charge < -0.3 is 19.5 Å². The first-order chi connectivity index (χ1) is 17.0. The molecule has 5 rings (SSSR count). The van der Waals surface area contributed by atoms with Crippen LogP contribution in [0.3, 0.4) is 0 Å². The van der Waals surface area contributed by atoms with Crippen molar-refractivity contribution in [1.29, 1.82) is 0 Å². The molecule has 1 atom stereocenters. The normalized spacial score (nSPS) is 15.8. The largest absolute Gasteiger partial charge is 0.497 e. The third-order valence-corrected chi connectivity index (χ3v) is 6.28. The van der Waals surface area contributed by atoms with E-state index in [-0.39, 0.29) is 11.9 Å². The predicted octanol–water partition coefficient (Wildman–Crippen LogP) is 5.75. The second-order valence-corrected chi connectivity index (χ2v) is 8.55. The molecule has 0 spiro atoms. The van der Waals surface area contributed by atoms with Crippen molar-refractivity contribution >= 4 is 22.9 Å². The van der Waals surface area contributed by atoms with Gasteiger partial charge in [0.2, 0.25) is 5.82 Å². The summed E-state index contributed by atoms with van der Waals surface area (Å²) < 4.78 is 24.9. The smallest absolute Gasteiger partial charge is 0.258 e. The molecular weight excluding hydrogens is 463 g/mol. The van der Waals surface area contributed by atoms with Crippen LogP contribution in [0.25, 0.3) is 17.0 Å². The summed E-state index contributed by atoms with van der Waals surface area (Å²) in [6.45, 7) is 2.52. The van der Waals surface area contributed by atoms with E-state index in [9.17, 15) is 4.39 Å². The average molecular weight is 487 g/mol. The molecule has 0 fully saturated rings. The van der Waals surface area contributed by atoms with Crippen LogP contribution in [-0.2, 0) is 6.54 Å². The minimum Gasteiger partial charge on any atom is -0.497 e. The SMILES string of the molecule is COc1cccc(CN2C(=S)NC(c3ccccc3)C(c3nc(-c4cccc(F)c4)no3)=C2C)c1. The maximum absolute atomic E-state index is 13.8. The van der Waals surface area contributed by atoms with Crippen LogP contribution < -0.4 is 10.1 Å². The van der Waals surface area contributed by atoms with Crippen molar-refractivity contribution in [3.63, 3.8) is 0 Å². The fourth-order valence-electron chi connectivity index (χ4n) is 4.18. The van der Waals surface area contributed by atoms with E-state index < -0.39 is 0 Å². The zero-order valence-electron chi connectivity index (χ0n) is 19.2. The van der Waals surface area contributed by atoms with Crippen molar-refractivity contribution in [3.05, 3.63) is 107 Å². The molecule has 1 aliphatic heterocycles. The maximum atomic E-state index is 13.8. The Morgan fingerprint density at radius 3 is 2.63 bits per heavy atom. The number of nitrogens with zero attached hydrogens (tertiary/aromatic N) is 3. The zero-order valence-corrected chi connectivity index (χ0v) is 20.1. The fraction of sp³-hybridized carbons (Fsp3) is 0.148. The van der Waals surface area contributed by atoms with Crippen LogP contribution in [-0.4, -0.2) is 27.3 Å². The molecule has 0 saturated heterocycles. The molecule has 8 heteroatoms. The van der Waals surface area contributed by atoms with Crippen molar-refractivity contribution in [2.24, 2.45) is 0 Å². The summed E-state index contributed by atoms with van der Waals surface area (Å²) in [5.41, 5.74) is 4.29. The van der Waals surface area contributed by atoms with Crippen LogP contribution in [0.4, 0.5) is 4.39 Å². The number of methoxy groups -OCH3 is 1. The number of aromatic nitrogens is 2. The van der Waals surface area contributed by atoms with Gasteiger partial charge in [-0.1, -0.05) is 59.8 Å². The van der Waals surface area contributed by atoms with Crippen LogP contribution >= 0.6 is 12.2 Å². The van der Waals surface area contributed by atoms with Crippen LogP contribution in [0, 0.1) is 5.82 Å². The lowest BCUT2D eigenvalue weighted by atomic mass is 9.94. The Balaban J connectivity index is 1.58. The molecule has 4 aromatic rings. The molecule has 0 radical (unpaired) electrons. The Bertz CT molecular complexity index is 1400. The van der Waals surface area contributed by atoms with E-state index in [1.165, 1.54) is 12.1 Å². The molecule has 6 nitrogen and oxygen atoms in total. The number of hydrogen-bond donors (Lipinski definition) is 1. The van der Waals surface area contributed by atoms with E-state index in [1.807, 2.05) is 66.4 Å². The molecule has 35 heavy (non-hydrogen) atoms. The first-order valence-electron chi connectivity index (χ1n) is 11.1. The standard InChI is InChI=1S/C27H23FN4O2S/c1-17-23(26-30-25(31-34-26)20-11-7-12-21(28)15-20)24(19-9-4-3-5-10-19)29-27(35)32(17)16-18-8-6-13-22(14-18)33-2/h3-15,24H,16H2,1-2H3,(H,29,35). The van der Waals surface area contributed by atoms with E-state index in [1.54, 1.807) is 19.2 Å². The third kappa shape index (κ3) is 4.65. The minimum absolute atomic E-state index is 0.286. The van der Waals surface area contributed by atoms with Gasteiger partial charge in [-0.05, 0) is 54.5 Å². The van der Waals surface area contributed by atoms with Crippen molar-refractivity contribution in [1.82, 2.24) is 20.4 Å². The summed E-state index contributed by atoms with van der Waals surface area (Å²) in [5, 5.41) is 8.17. The topological polar surface area (TPSA) is 63.4 Å². The molecular formula is C27H23FN4O2S. The summed E-state index contributed by atoms with van der Waals surface area (Å²) in [6.07, 6.45) is 0. The second-order valence-electron chi connectivity index (χ2n) is 8.16. The van der Waals surface area contributed by atoms with E-state index in [4.69, 9.17) is 21.5 Å². The first-order valence-corrected chi connectivity index (χ1v) is 11.5. The molecule has 1 unspecified atom stereocenters. The lowest BCUT2D eigenvalue weighted by Crippen LogP contribution is -2.45. The van der Waals surface area contributed by atoms with Crippen molar-refractivity contribution in [3.8, 4) is 17.1 Å². The molecule has 2 heterocycles. The van der Waals surface area contributed by atoms with Crippen molar-refractivity contribution in [2.45, 2.75) is 19.5 Å². The molecule has 0 saturated carbocycles. The monoisotopic (exact) mass is 486 g/mol. The summed E-state index contributed by atoms with van der Waals surface area (Å²) in [6, 6.07) is 23.7.